The number of amides is 1. The van der Waals surface area contributed by atoms with Crippen LogP contribution in [0.2, 0.25) is 0 Å². The smallest absolute Gasteiger partial charge is 0.238 e. The molecule has 1 amide bonds. The van der Waals surface area contributed by atoms with Crippen molar-refractivity contribution >= 4 is 33.1 Å². The lowest BCUT2D eigenvalue weighted by atomic mass is 10.1. The van der Waals surface area contributed by atoms with Gasteiger partial charge in [-0.1, -0.05) is 12.1 Å². The van der Waals surface area contributed by atoms with Crippen LogP contribution in [0, 0.1) is 18.3 Å². The summed E-state index contributed by atoms with van der Waals surface area (Å²) in [4.78, 5) is 16.1. The molecule has 3 rings (SSSR count). The molecule has 0 aliphatic rings. The minimum absolute atomic E-state index is 0.140. The molecule has 0 aliphatic heterocycles. The van der Waals surface area contributed by atoms with Crippen molar-refractivity contribution in [3.8, 4) is 16.6 Å². The third kappa shape index (κ3) is 2.83. The van der Waals surface area contributed by atoms with Crippen molar-refractivity contribution in [2.75, 3.05) is 5.32 Å². The summed E-state index contributed by atoms with van der Waals surface area (Å²) in [6.45, 7) is 1.93. The number of thiazole rings is 1. The van der Waals surface area contributed by atoms with Crippen LogP contribution in [0.15, 0.2) is 42.5 Å². The minimum atomic E-state index is -0.293. The van der Waals surface area contributed by atoms with Gasteiger partial charge in [-0.15, -0.1) is 11.3 Å². The summed E-state index contributed by atoms with van der Waals surface area (Å²) in [7, 11) is 0. The molecule has 0 spiro atoms. The van der Waals surface area contributed by atoms with E-state index in [4.69, 9.17) is 5.26 Å². The zero-order valence-corrected chi connectivity index (χ0v) is 12.8. The van der Waals surface area contributed by atoms with Gasteiger partial charge in [0.1, 0.15) is 11.4 Å². The van der Waals surface area contributed by atoms with Crippen LogP contribution >= 0.6 is 11.3 Å². The van der Waals surface area contributed by atoms with E-state index in [-0.39, 0.29) is 12.3 Å². The Kier molecular flexibility index (Phi) is 3.86. The van der Waals surface area contributed by atoms with E-state index in [0.717, 1.165) is 32.0 Å². The summed E-state index contributed by atoms with van der Waals surface area (Å²) < 4.78 is 1.15. The number of hydrogen-bond donors (Lipinski definition) is 1. The first-order chi connectivity index (χ1) is 10.7. The number of aryl methyl sites for hydroxylation is 1. The van der Waals surface area contributed by atoms with Crippen LogP contribution in [-0.2, 0) is 4.79 Å². The predicted octanol–water partition coefficient (Wildman–Crippen LogP) is 4.12. The third-order valence-corrected chi connectivity index (χ3v) is 4.37. The van der Waals surface area contributed by atoms with E-state index in [1.54, 1.807) is 11.3 Å². The number of nitriles is 1. The lowest BCUT2D eigenvalue weighted by molar-refractivity contribution is -0.115. The molecule has 2 aromatic carbocycles. The summed E-state index contributed by atoms with van der Waals surface area (Å²) in [5.41, 5.74) is 3.69. The molecule has 1 aromatic heterocycles. The number of para-hydroxylation sites is 1. The molecule has 0 unspecified atom stereocenters. The van der Waals surface area contributed by atoms with E-state index in [0.29, 0.717) is 0 Å². The van der Waals surface area contributed by atoms with E-state index in [1.807, 2.05) is 49.4 Å². The van der Waals surface area contributed by atoms with Crippen LogP contribution in [0.1, 0.15) is 12.0 Å². The fraction of sp³-hybridized carbons (Fsp3) is 0.118. The largest absolute Gasteiger partial charge is 0.325 e. The Hall–Kier alpha value is -2.71. The highest BCUT2D eigenvalue weighted by molar-refractivity contribution is 7.21. The van der Waals surface area contributed by atoms with Gasteiger partial charge in [0.15, 0.2) is 0 Å². The van der Waals surface area contributed by atoms with Gasteiger partial charge in [-0.2, -0.15) is 5.26 Å². The van der Waals surface area contributed by atoms with Gasteiger partial charge in [-0.3, -0.25) is 4.79 Å². The van der Waals surface area contributed by atoms with Crippen LogP contribution in [0.4, 0.5) is 5.69 Å². The van der Waals surface area contributed by atoms with Crippen molar-refractivity contribution in [2.45, 2.75) is 13.3 Å². The van der Waals surface area contributed by atoms with Crippen LogP contribution in [-0.4, -0.2) is 10.9 Å². The normalized spacial score (nSPS) is 10.4. The predicted molar refractivity (Wildman–Crippen MR) is 88.7 cm³/mol. The summed E-state index contributed by atoms with van der Waals surface area (Å²) in [5, 5.41) is 12.2. The Morgan fingerprint density at radius 1 is 1.32 bits per heavy atom. The number of aromatic nitrogens is 1. The molecule has 4 nitrogen and oxygen atoms in total. The topological polar surface area (TPSA) is 65.8 Å². The third-order valence-electron chi connectivity index (χ3n) is 3.28. The highest BCUT2D eigenvalue weighted by Crippen LogP contribution is 2.31. The zero-order valence-electron chi connectivity index (χ0n) is 12.0. The van der Waals surface area contributed by atoms with Crippen LogP contribution < -0.4 is 5.32 Å². The molecule has 0 aliphatic carbocycles. The van der Waals surface area contributed by atoms with Gasteiger partial charge in [0.2, 0.25) is 5.91 Å². The second-order valence-electron chi connectivity index (χ2n) is 4.90. The molecule has 22 heavy (non-hydrogen) atoms. The first-order valence-corrected chi connectivity index (χ1v) is 7.62. The van der Waals surface area contributed by atoms with E-state index in [1.165, 1.54) is 0 Å². The van der Waals surface area contributed by atoms with Crippen molar-refractivity contribution in [2.24, 2.45) is 0 Å². The highest BCUT2D eigenvalue weighted by atomic mass is 32.1. The highest BCUT2D eigenvalue weighted by Gasteiger charge is 2.09. The fourth-order valence-corrected chi connectivity index (χ4v) is 3.16. The molecular weight excluding hydrogens is 294 g/mol. The number of carbonyl (C=O) groups is 1. The maximum Gasteiger partial charge on any atom is 0.238 e. The second-order valence-corrected chi connectivity index (χ2v) is 5.93. The zero-order chi connectivity index (χ0) is 15.5. The average molecular weight is 307 g/mol. The first-order valence-electron chi connectivity index (χ1n) is 6.81. The van der Waals surface area contributed by atoms with E-state index in [9.17, 15) is 4.79 Å². The van der Waals surface area contributed by atoms with Gasteiger partial charge in [-0.25, -0.2) is 4.98 Å². The molecule has 1 N–H and O–H groups in total. The molecule has 0 saturated carbocycles. The standard InChI is InChI=1S/C17H13N3OS/c1-11-10-12(6-7-13(11)19-16(21)8-9-18)17-20-14-4-2-3-5-15(14)22-17/h2-7,10H,8H2,1H3,(H,19,21). The minimum Gasteiger partial charge on any atom is -0.325 e. The summed E-state index contributed by atoms with van der Waals surface area (Å²) in [6.07, 6.45) is -0.140. The van der Waals surface area contributed by atoms with Gasteiger partial charge < -0.3 is 5.32 Å². The van der Waals surface area contributed by atoms with Gasteiger partial charge >= 0.3 is 0 Å². The molecule has 5 heteroatoms. The number of fused-ring (bicyclic) bond motifs is 1. The molecule has 0 radical (unpaired) electrons. The van der Waals surface area contributed by atoms with Crippen molar-refractivity contribution in [1.82, 2.24) is 4.98 Å². The SMILES string of the molecule is Cc1cc(-c2nc3ccccc3s2)ccc1NC(=O)CC#N. The monoisotopic (exact) mass is 307 g/mol. The van der Waals surface area contributed by atoms with Crippen molar-refractivity contribution in [3.63, 3.8) is 0 Å². The van der Waals surface area contributed by atoms with E-state index in [2.05, 4.69) is 16.4 Å². The lowest BCUT2D eigenvalue weighted by Crippen LogP contribution is -2.11. The summed E-state index contributed by atoms with van der Waals surface area (Å²) in [6, 6.07) is 15.7. The van der Waals surface area contributed by atoms with E-state index < -0.39 is 0 Å². The summed E-state index contributed by atoms with van der Waals surface area (Å²) >= 11 is 1.65. The number of benzene rings is 2. The molecule has 0 saturated heterocycles. The lowest BCUT2D eigenvalue weighted by Gasteiger charge is -2.08. The van der Waals surface area contributed by atoms with Crippen molar-refractivity contribution in [3.05, 3.63) is 48.0 Å². The number of nitrogens with zero attached hydrogens (tertiary/aromatic N) is 2. The van der Waals surface area contributed by atoms with Crippen LogP contribution in [0.25, 0.3) is 20.8 Å². The molecule has 108 valence electrons. The maximum atomic E-state index is 11.5. The Labute approximate surface area is 132 Å². The number of hydrogen-bond acceptors (Lipinski definition) is 4. The molecule has 3 aromatic rings. The van der Waals surface area contributed by atoms with Crippen LogP contribution in [0.3, 0.4) is 0 Å². The first kappa shape index (κ1) is 14.2. The van der Waals surface area contributed by atoms with Crippen molar-refractivity contribution in [1.29, 1.82) is 5.26 Å². The number of rotatable bonds is 3. The number of nitrogens with one attached hydrogen (secondary N) is 1. The van der Waals surface area contributed by atoms with Crippen LogP contribution in [0.5, 0.6) is 0 Å². The second kappa shape index (κ2) is 5.96. The molecule has 0 atom stereocenters. The summed E-state index contributed by atoms with van der Waals surface area (Å²) in [5.74, 6) is -0.293. The van der Waals surface area contributed by atoms with Gasteiger partial charge in [0, 0.05) is 11.3 Å². The Bertz CT molecular complexity index is 859. The van der Waals surface area contributed by atoms with E-state index >= 15 is 0 Å². The molecule has 1 heterocycles. The molecule has 0 bridgehead atoms. The van der Waals surface area contributed by atoms with Gasteiger partial charge in [-0.05, 0) is 42.8 Å². The number of carbonyl (C=O) groups excluding carboxylic acids is 1. The average Bonchev–Trinajstić information content (AvgIpc) is 2.93. The Morgan fingerprint density at radius 3 is 2.86 bits per heavy atom. The fourth-order valence-electron chi connectivity index (χ4n) is 2.20. The molecule has 0 fully saturated rings. The Morgan fingerprint density at radius 2 is 2.14 bits per heavy atom. The quantitative estimate of drug-likeness (QED) is 0.791. The van der Waals surface area contributed by atoms with Crippen molar-refractivity contribution < 1.29 is 4.79 Å². The maximum absolute atomic E-state index is 11.5. The van der Waals surface area contributed by atoms with Gasteiger partial charge in [0.05, 0.1) is 16.3 Å². The Balaban J connectivity index is 1.91. The van der Waals surface area contributed by atoms with Gasteiger partial charge in [0.25, 0.3) is 0 Å². The molecular formula is C17H13N3OS. The number of anilines is 1.